The van der Waals surface area contributed by atoms with Gasteiger partial charge in [0.1, 0.15) is 0 Å². The Kier molecular flexibility index (Phi) is 3.01. The molecule has 4 nitrogen and oxygen atoms in total. The lowest BCUT2D eigenvalue weighted by Gasteiger charge is -2.26. The molecular weight excluding hydrogens is 231 g/mol. The zero-order valence-corrected chi connectivity index (χ0v) is 9.95. The van der Waals surface area contributed by atoms with Gasteiger partial charge in [0, 0.05) is 0 Å². The molecule has 1 aliphatic rings. The van der Waals surface area contributed by atoms with Gasteiger partial charge in [0.15, 0.2) is 5.03 Å². The van der Waals surface area contributed by atoms with Crippen LogP contribution in [0, 0.1) is 5.92 Å². The van der Waals surface area contributed by atoms with Gasteiger partial charge in [-0.25, -0.2) is 4.68 Å². The van der Waals surface area contributed by atoms with E-state index in [1.165, 1.54) is 16.9 Å². The first kappa shape index (κ1) is 11.6. The van der Waals surface area contributed by atoms with Crippen molar-refractivity contribution in [3.8, 4) is 0 Å². The van der Waals surface area contributed by atoms with Crippen LogP contribution in [0.25, 0.3) is 0 Å². The van der Waals surface area contributed by atoms with Gasteiger partial charge in [-0.1, -0.05) is 10.8 Å². The highest BCUT2D eigenvalue weighted by molar-refractivity contribution is 7.86. The predicted molar refractivity (Wildman–Crippen MR) is 57.2 cm³/mol. The smallest absolute Gasteiger partial charge is 0.249 e. The minimum atomic E-state index is -4.65. The zero-order chi connectivity index (χ0) is 11.8. The van der Waals surface area contributed by atoms with E-state index in [4.69, 9.17) is 0 Å². The monoisotopic (exact) mass is 246 g/mol. The van der Waals surface area contributed by atoms with Gasteiger partial charge in [0.05, 0.1) is 12.2 Å². The summed E-state index contributed by atoms with van der Waals surface area (Å²) in [7, 11) is -4.65. The van der Waals surface area contributed by atoms with Gasteiger partial charge >= 0.3 is 10.2 Å². The van der Waals surface area contributed by atoms with E-state index in [2.05, 4.69) is 12.0 Å². The first-order chi connectivity index (χ1) is 7.48. The summed E-state index contributed by atoms with van der Waals surface area (Å²) in [6.45, 7) is 2.17. The molecule has 0 bridgehead atoms. The molecule has 1 fully saturated rings. The van der Waals surface area contributed by atoms with Gasteiger partial charge in [0.2, 0.25) is 0 Å². The quantitative estimate of drug-likeness (QED) is 0.752. The van der Waals surface area contributed by atoms with Gasteiger partial charge in [-0.15, -0.1) is 0 Å². The summed E-state index contributed by atoms with van der Waals surface area (Å²) in [5.41, 5.74) is 0. The Hall–Kier alpha value is -0.910. The molecule has 1 saturated carbocycles. The van der Waals surface area contributed by atoms with Crippen molar-refractivity contribution in [2.75, 3.05) is 0 Å². The molecule has 16 heavy (non-hydrogen) atoms. The Labute approximate surface area is 94.7 Å². The van der Waals surface area contributed by atoms with Crippen molar-refractivity contribution in [3.63, 3.8) is 0 Å². The highest BCUT2D eigenvalue weighted by atomic mass is 32.3. The third kappa shape index (κ3) is 2.26. The van der Waals surface area contributed by atoms with E-state index in [9.17, 15) is 12.3 Å². The fourth-order valence-corrected chi connectivity index (χ4v) is 2.90. The number of nitrogens with zero attached hydrogens (tertiary/aromatic N) is 2. The van der Waals surface area contributed by atoms with Crippen LogP contribution in [0.1, 0.15) is 38.6 Å². The van der Waals surface area contributed by atoms with Crippen LogP contribution in [0.15, 0.2) is 17.3 Å². The number of hydrogen-bond donors (Lipinski definition) is 0. The lowest BCUT2D eigenvalue weighted by Crippen LogP contribution is -2.20. The summed E-state index contributed by atoms with van der Waals surface area (Å²) in [5.74, 6) is 0.664. The van der Waals surface area contributed by atoms with E-state index in [0.29, 0.717) is 5.92 Å². The molecule has 0 spiro atoms. The predicted octanol–water partition coefficient (Wildman–Crippen LogP) is 2.29. The maximum atomic E-state index is 13.0. The molecule has 0 radical (unpaired) electrons. The Bertz CT molecular complexity index is 461. The van der Waals surface area contributed by atoms with Gasteiger partial charge in [0.25, 0.3) is 0 Å². The third-order valence-corrected chi connectivity index (χ3v) is 4.04. The molecule has 0 amide bonds. The normalized spacial score (nSPS) is 26.9. The molecule has 6 heteroatoms. The third-order valence-electron chi connectivity index (χ3n) is 3.22. The van der Waals surface area contributed by atoms with E-state index in [0.717, 1.165) is 25.7 Å². The van der Waals surface area contributed by atoms with Crippen molar-refractivity contribution in [2.45, 2.75) is 43.7 Å². The minimum Gasteiger partial charge on any atom is -0.249 e. The van der Waals surface area contributed by atoms with Crippen molar-refractivity contribution in [2.24, 2.45) is 5.92 Å². The molecule has 0 atom stereocenters. The topological polar surface area (TPSA) is 52.0 Å². The van der Waals surface area contributed by atoms with Crippen LogP contribution >= 0.6 is 0 Å². The highest BCUT2D eigenvalue weighted by Gasteiger charge is 2.26. The summed E-state index contributed by atoms with van der Waals surface area (Å²) in [4.78, 5) is 0. The molecule has 0 unspecified atom stereocenters. The molecule has 1 aromatic heterocycles. The number of aromatic nitrogens is 2. The van der Waals surface area contributed by atoms with Crippen LogP contribution in [-0.2, 0) is 10.2 Å². The second kappa shape index (κ2) is 4.16. The Morgan fingerprint density at radius 1 is 1.38 bits per heavy atom. The number of halogens is 1. The molecule has 1 heterocycles. The second-order valence-electron chi connectivity index (χ2n) is 4.47. The highest BCUT2D eigenvalue weighted by Crippen LogP contribution is 2.33. The van der Waals surface area contributed by atoms with Crippen molar-refractivity contribution in [3.05, 3.63) is 12.3 Å². The maximum absolute atomic E-state index is 13.0. The first-order valence-electron chi connectivity index (χ1n) is 5.46. The average Bonchev–Trinajstić information content (AvgIpc) is 2.66. The fraction of sp³-hybridized carbons (Fsp3) is 0.700. The summed E-state index contributed by atoms with van der Waals surface area (Å²) in [6.07, 6.45) is 5.15. The van der Waals surface area contributed by atoms with Gasteiger partial charge in [-0.3, -0.25) is 0 Å². The molecule has 0 saturated heterocycles. The summed E-state index contributed by atoms with van der Waals surface area (Å²) in [5, 5.41) is 3.62. The average molecular weight is 246 g/mol. The summed E-state index contributed by atoms with van der Waals surface area (Å²) in [6, 6.07) is 1.24. The first-order valence-corrected chi connectivity index (χ1v) is 6.85. The lowest BCUT2D eigenvalue weighted by atomic mass is 9.87. The van der Waals surface area contributed by atoms with Gasteiger partial charge in [-0.2, -0.15) is 13.5 Å². The molecule has 0 N–H and O–H groups in total. The number of rotatable bonds is 2. The molecule has 1 aromatic rings. The largest absolute Gasteiger partial charge is 0.349 e. The summed E-state index contributed by atoms with van der Waals surface area (Å²) >= 11 is 0. The maximum Gasteiger partial charge on any atom is 0.349 e. The molecule has 2 rings (SSSR count). The molecule has 0 aliphatic heterocycles. The second-order valence-corrected chi connectivity index (χ2v) is 5.76. The Balaban J connectivity index is 2.25. The summed E-state index contributed by atoms with van der Waals surface area (Å²) < 4.78 is 36.1. The van der Waals surface area contributed by atoms with E-state index in [1.807, 2.05) is 0 Å². The SMILES string of the molecule is CC1CCC(n2nccc2S(=O)(=O)F)CC1. The van der Waals surface area contributed by atoms with Crippen molar-refractivity contribution >= 4 is 10.2 Å². The van der Waals surface area contributed by atoms with Gasteiger partial charge < -0.3 is 0 Å². The number of hydrogen-bond acceptors (Lipinski definition) is 3. The van der Waals surface area contributed by atoms with Crippen LogP contribution < -0.4 is 0 Å². The van der Waals surface area contributed by atoms with Crippen molar-refractivity contribution in [1.29, 1.82) is 0 Å². The van der Waals surface area contributed by atoms with E-state index < -0.39 is 10.2 Å². The van der Waals surface area contributed by atoms with Gasteiger partial charge in [-0.05, 0) is 37.7 Å². The zero-order valence-electron chi connectivity index (χ0n) is 9.13. The minimum absolute atomic E-state index is 0.0201. The van der Waals surface area contributed by atoms with Crippen LogP contribution in [0.5, 0.6) is 0 Å². The van der Waals surface area contributed by atoms with Crippen LogP contribution in [0.3, 0.4) is 0 Å². The van der Waals surface area contributed by atoms with Crippen LogP contribution in [-0.4, -0.2) is 18.2 Å². The van der Waals surface area contributed by atoms with E-state index >= 15 is 0 Å². The van der Waals surface area contributed by atoms with Crippen LogP contribution in [0.4, 0.5) is 3.89 Å². The van der Waals surface area contributed by atoms with E-state index in [-0.39, 0.29) is 11.1 Å². The lowest BCUT2D eigenvalue weighted by molar-refractivity contribution is 0.260. The Morgan fingerprint density at radius 2 is 2.00 bits per heavy atom. The fourth-order valence-electron chi connectivity index (χ4n) is 2.26. The molecule has 0 aromatic carbocycles. The molecule has 1 aliphatic carbocycles. The van der Waals surface area contributed by atoms with Crippen LogP contribution in [0.2, 0.25) is 0 Å². The molecular formula is C10H15FN2O2S. The standard InChI is InChI=1S/C10H15FN2O2S/c1-8-2-4-9(5-3-8)13-10(6-7-12-13)16(11,14)15/h6-9H,2-5H2,1H3. The van der Waals surface area contributed by atoms with Crippen molar-refractivity contribution in [1.82, 2.24) is 9.78 Å². The van der Waals surface area contributed by atoms with E-state index in [1.54, 1.807) is 0 Å². The molecule has 90 valence electrons. The van der Waals surface area contributed by atoms with Crippen molar-refractivity contribution < 1.29 is 12.3 Å². The Morgan fingerprint density at radius 3 is 2.56 bits per heavy atom.